The van der Waals surface area contributed by atoms with E-state index < -0.39 is 5.97 Å². The van der Waals surface area contributed by atoms with Crippen LogP contribution in [-0.2, 0) is 4.74 Å². The maximum atomic E-state index is 12.6. The summed E-state index contributed by atoms with van der Waals surface area (Å²) >= 11 is 7.81. The smallest absolute Gasteiger partial charge is 0.345 e. The van der Waals surface area contributed by atoms with Crippen LogP contribution in [0.4, 0.5) is 5.69 Å². The molecule has 8 heteroatoms. The number of nitrogens with one attached hydrogen (secondary N) is 1. The van der Waals surface area contributed by atoms with E-state index in [1.165, 1.54) is 7.11 Å². The average molecular weight is 439 g/mol. The lowest BCUT2D eigenvalue weighted by Crippen LogP contribution is -2.26. The van der Waals surface area contributed by atoms with Crippen molar-refractivity contribution in [3.05, 3.63) is 45.6 Å². The number of carbonyl (C=O) groups excluding carboxylic acids is 1. The van der Waals surface area contributed by atoms with Gasteiger partial charge in [-0.05, 0) is 68.5 Å². The van der Waals surface area contributed by atoms with Crippen molar-refractivity contribution < 1.29 is 19.4 Å². The molecule has 0 spiro atoms. The second-order valence-electron chi connectivity index (χ2n) is 6.76. The summed E-state index contributed by atoms with van der Waals surface area (Å²) in [5, 5.41) is 13.6. The molecule has 0 saturated carbocycles. The monoisotopic (exact) mass is 438 g/mol. The Morgan fingerprint density at radius 3 is 2.48 bits per heavy atom. The molecule has 0 fully saturated rings. The molecule has 0 aliphatic carbocycles. The third kappa shape index (κ3) is 6.01. The second kappa shape index (κ2) is 10.7. The third-order valence-electron chi connectivity index (χ3n) is 4.38. The number of halogens is 1. The number of esters is 1. The van der Waals surface area contributed by atoms with E-state index in [-0.39, 0.29) is 24.1 Å². The summed E-state index contributed by atoms with van der Waals surface area (Å²) in [5.74, 6) is 1.04. The van der Waals surface area contributed by atoms with E-state index in [1.807, 2.05) is 27.0 Å². The van der Waals surface area contributed by atoms with Crippen LogP contribution in [0.2, 0.25) is 5.02 Å². The topological polar surface area (TPSA) is 80.7 Å². The highest BCUT2D eigenvalue weighted by Crippen LogP contribution is 2.35. The molecule has 1 atom stereocenters. The standard InChI is InChI=1S/C21H27ClN2O4S/c1-12-8-15(22)9-13(2)19(12)28-20-18(21(26)27-4)17(10-14(3)23-20)24-16(11-25)6-7-29-5/h8-10,16,25H,6-7,11H2,1-5H3,(H,23,24)/t16-/m1/s1. The van der Waals surface area contributed by atoms with Crippen molar-refractivity contribution in [2.24, 2.45) is 0 Å². The molecule has 0 bridgehead atoms. The fourth-order valence-electron chi connectivity index (χ4n) is 2.98. The summed E-state index contributed by atoms with van der Waals surface area (Å²) in [6.45, 7) is 5.51. The molecule has 2 rings (SSSR count). The van der Waals surface area contributed by atoms with E-state index in [0.717, 1.165) is 23.3 Å². The molecule has 6 nitrogen and oxygen atoms in total. The molecule has 0 aliphatic heterocycles. The number of carbonyl (C=O) groups is 1. The highest BCUT2D eigenvalue weighted by Gasteiger charge is 2.24. The molecule has 158 valence electrons. The molecular formula is C21H27ClN2O4S. The van der Waals surface area contributed by atoms with Gasteiger partial charge in [-0.1, -0.05) is 11.6 Å². The van der Waals surface area contributed by atoms with Gasteiger partial charge in [0.25, 0.3) is 0 Å². The van der Waals surface area contributed by atoms with Crippen LogP contribution in [0.1, 0.15) is 33.6 Å². The highest BCUT2D eigenvalue weighted by molar-refractivity contribution is 7.98. The first kappa shape index (κ1) is 23.3. The van der Waals surface area contributed by atoms with Crippen LogP contribution < -0.4 is 10.1 Å². The van der Waals surface area contributed by atoms with Crippen molar-refractivity contribution in [2.45, 2.75) is 33.2 Å². The van der Waals surface area contributed by atoms with Crippen molar-refractivity contribution in [1.82, 2.24) is 4.98 Å². The summed E-state index contributed by atoms with van der Waals surface area (Å²) in [6, 6.07) is 5.13. The van der Waals surface area contributed by atoms with Crippen molar-refractivity contribution in [1.29, 1.82) is 0 Å². The number of hydrogen-bond donors (Lipinski definition) is 2. The first-order chi connectivity index (χ1) is 13.8. The SMILES string of the molecule is COC(=O)c1c(N[C@@H](CO)CCSC)cc(C)nc1Oc1c(C)cc(Cl)cc1C. The van der Waals surface area contributed by atoms with Crippen molar-refractivity contribution >= 4 is 35.0 Å². The van der Waals surface area contributed by atoms with Crippen LogP contribution in [0.5, 0.6) is 11.6 Å². The zero-order chi connectivity index (χ0) is 21.6. The van der Waals surface area contributed by atoms with Gasteiger partial charge in [0.05, 0.1) is 25.4 Å². The largest absolute Gasteiger partial charge is 0.465 e. The molecule has 0 amide bonds. The zero-order valence-electron chi connectivity index (χ0n) is 17.3. The minimum atomic E-state index is -0.569. The molecule has 2 aromatic rings. The molecule has 0 aliphatic rings. The van der Waals surface area contributed by atoms with E-state index in [0.29, 0.717) is 22.2 Å². The quantitative estimate of drug-likeness (QED) is 0.546. The summed E-state index contributed by atoms with van der Waals surface area (Å²) < 4.78 is 11.1. The molecule has 0 unspecified atom stereocenters. The lowest BCUT2D eigenvalue weighted by Gasteiger charge is -2.21. The van der Waals surface area contributed by atoms with Gasteiger partial charge < -0.3 is 19.9 Å². The van der Waals surface area contributed by atoms with Gasteiger partial charge in [-0.15, -0.1) is 0 Å². The van der Waals surface area contributed by atoms with E-state index in [1.54, 1.807) is 30.0 Å². The summed E-state index contributed by atoms with van der Waals surface area (Å²) in [4.78, 5) is 17.0. The van der Waals surface area contributed by atoms with E-state index in [2.05, 4.69) is 10.3 Å². The van der Waals surface area contributed by atoms with Crippen LogP contribution in [0.15, 0.2) is 18.2 Å². The maximum absolute atomic E-state index is 12.6. The predicted molar refractivity (Wildman–Crippen MR) is 119 cm³/mol. The lowest BCUT2D eigenvalue weighted by atomic mass is 10.1. The van der Waals surface area contributed by atoms with Crippen LogP contribution in [0.25, 0.3) is 0 Å². The molecule has 1 heterocycles. The van der Waals surface area contributed by atoms with Crippen LogP contribution in [0.3, 0.4) is 0 Å². The van der Waals surface area contributed by atoms with E-state index >= 15 is 0 Å². The Morgan fingerprint density at radius 2 is 1.93 bits per heavy atom. The van der Waals surface area contributed by atoms with Gasteiger partial charge in [-0.2, -0.15) is 11.8 Å². The lowest BCUT2D eigenvalue weighted by molar-refractivity contribution is 0.0598. The van der Waals surface area contributed by atoms with Crippen LogP contribution >= 0.6 is 23.4 Å². The number of hydrogen-bond acceptors (Lipinski definition) is 7. The average Bonchev–Trinajstić information content (AvgIpc) is 2.67. The molecule has 29 heavy (non-hydrogen) atoms. The van der Waals surface area contributed by atoms with Crippen molar-refractivity contribution in [3.63, 3.8) is 0 Å². The Morgan fingerprint density at radius 1 is 1.28 bits per heavy atom. The number of aromatic nitrogens is 1. The van der Waals surface area contributed by atoms with Gasteiger partial charge in [0.2, 0.25) is 5.88 Å². The van der Waals surface area contributed by atoms with Crippen molar-refractivity contribution in [3.8, 4) is 11.6 Å². The first-order valence-electron chi connectivity index (χ1n) is 9.21. The van der Waals surface area contributed by atoms with Gasteiger partial charge in [0.15, 0.2) is 0 Å². The van der Waals surface area contributed by atoms with Gasteiger partial charge in [0, 0.05) is 10.7 Å². The predicted octanol–water partition coefficient (Wildman–Crippen LogP) is 4.77. The summed E-state index contributed by atoms with van der Waals surface area (Å²) in [6.07, 6.45) is 2.75. The number of pyridine rings is 1. The number of rotatable bonds is 9. The number of nitrogens with zero attached hydrogens (tertiary/aromatic N) is 1. The number of benzene rings is 1. The number of methoxy groups -OCH3 is 1. The summed E-state index contributed by atoms with van der Waals surface area (Å²) in [7, 11) is 1.31. The minimum Gasteiger partial charge on any atom is -0.465 e. The van der Waals surface area contributed by atoms with Crippen LogP contribution in [-0.4, -0.2) is 47.8 Å². The van der Waals surface area contributed by atoms with Gasteiger partial charge >= 0.3 is 5.97 Å². The fraction of sp³-hybridized carbons (Fsp3) is 0.429. The Bertz CT molecular complexity index is 853. The molecule has 2 N–H and O–H groups in total. The number of aryl methyl sites for hydroxylation is 3. The Kier molecular flexibility index (Phi) is 8.61. The van der Waals surface area contributed by atoms with E-state index in [9.17, 15) is 9.90 Å². The molecule has 0 saturated heterocycles. The zero-order valence-corrected chi connectivity index (χ0v) is 18.9. The van der Waals surface area contributed by atoms with Crippen molar-refractivity contribution in [2.75, 3.05) is 31.0 Å². The molecule has 1 aromatic heterocycles. The third-order valence-corrected chi connectivity index (χ3v) is 5.24. The number of anilines is 1. The number of aliphatic hydroxyl groups is 1. The van der Waals surface area contributed by atoms with Gasteiger partial charge in [0.1, 0.15) is 11.3 Å². The number of thioether (sulfide) groups is 1. The molecule has 0 radical (unpaired) electrons. The van der Waals surface area contributed by atoms with Gasteiger partial charge in [-0.25, -0.2) is 9.78 Å². The normalized spacial score (nSPS) is 11.8. The van der Waals surface area contributed by atoms with Gasteiger partial charge in [-0.3, -0.25) is 0 Å². The summed E-state index contributed by atoms with van der Waals surface area (Å²) in [5.41, 5.74) is 3.04. The molecular weight excluding hydrogens is 412 g/mol. The highest BCUT2D eigenvalue weighted by atomic mass is 35.5. The molecule has 1 aromatic carbocycles. The van der Waals surface area contributed by atoms with E-state index in [4.69, 9.17) is 21.1 Å². The number of aliphatic hydroxyl groups excluding tert-OH is 1. The first-order valence-corrected chi connectivity index (χ1v) is 11.0. The fourth-order valence-corrected chi connectivity index (χ4v) is 3.82. The Labute approximate surface area is 181 Å². The number of ether oxygens (including phenoxy) is 2. The van der Waals surface area contributed by atoms with Crippen LogP contribution in [0, 0.1) is 20.8 Å². The minimum absolute atomic E-state index is 0.0614. The maximum Gasteiger partial charge on any atom is 0.345 e. The second-order valence-corrected chi connectivity index (χ2v) is 8.18. The Hall–Kier alpha value is -1.96. The Balaban J connectivity index is 2.52.